The van der Waals surface area contributed by atoms with Gasteiger partial charge in [0.1, 0.15) is 12.0 Å². The fraction of sp³-hybridized carbons (Fsp3) is 0.158. The molecule has 2 atom stereocenters. The summed E-state index contributed by atoms with van der Waals surface area (Å²) in [4.78, 5) is 21.1. The predicted octanol–water partition coefficient (Wildman–Crippen LogP) is 3.25. The number of nitrogens with zero attached hydrogens (tertiary/aromatic N) is 4. The largest absolute Gasteiger partial charge is 0.369 e. The summed E-state index contributed by atoms with van der Waals surface area (Å²) < 4.78 is 1.65. The lowest BCUT2D eigenvalue weighted by molar-refractivity contribution is -0.121. The Morgan fingerprint density at radius 2 is 2.07 bits per heavy atom. The van der Waals surface area contributed by atoms with Crippen molar-refractivity contribution >= 4 is 35.2 Å². The van der Waals surface area contributed by atoms with Gasteiger partial charge in [-0.15, -0.1) is 5.10 Å². The van der Waals surface area contributed by atoms with Gasteiger partial charge in [-0.3, -0.25) is 9.78 Å². The van der Waals surface area contributed by atoms with E-state index < -0.39 is 17.9 Å². The van der Waals surface area contributed by atoms with Crippen LogP contribution in [0.1, 0.15) is 17.3 Å². The quantitative estimate of drug-likeness (QED) is 0.624. The maximum absolute atomic E-state index is 12.1. The molecule has 0 bridgehead atoms. The number of anilines is 1. The first-order chi connectivity index (χ1) is 13.5. The van der Waals surface area contributed by atoms with Gasteiger partial charge in [0.15, 0.2) is 0 Å². The summed E-state index contributed by atoms with van der Waals surface area (Å²) in [6.07, 6.45) is 1.67. The Hall–Kier alpha value is -2.84. The van der Waals surface area contributed by atoms with Crippen molar-refractivity contribution in [3.63, 3.8) is 0 Å². The van der Waals surface area contributed by atoms with Crippen molar-refractivity contribution in [3.05, 3.63) is 77.2 Å². The Bertz CT molecular complexity index is 1040. The van der Waals surface area contributed by atoms with Gasteiger partial charge in [-0.25, -0.2) is 4.68 Å². The predicted molar refractivity (Wildman–Crippen MR) is 109 cm³/mol. The first-order valence-electron chi connectivity index (χ1n) is 8.53. The number of nitrogens with one attached hydrogen (secondary N) is 1. The van der Waals surface area contributed by atoms with Gasteiger partial charge in [0.25, 0.3) is 0 Å². The average Bonchev–Trinajstić information content (AvgIpc) is 3.09. The minimum Gasteiger partial charge on any atom is -0.369 e. The number of fused-ring (bicyclic) bond motifs is 1. The number of thioether (sulfide) groups is 1. The Balaban J connectivity index is 1.68. The molecule has 0 radical (unpaired) electrons. The number of nitrogens with two attached hydrogens (primary N) is 1. The molecule has 3 N–H and O–H groups in total. The second kappa shape index (κ2) is 7.65. The third-order valence-corrected chi connectivity index (χ3v) is 5.71. The zero-order valence-corrected chi connectivity index (χ0v) is 16.3. The molecule has 2 aromatic heterocycles. The SMILES string of the molecule is C=C1Nc2nc(SCc3ccccc3Cl)nn2[C@H](c2ccccn2)[C@H]1C(N)=O. The van der Waals surface area contributed by atoms with Gasteiger partial charge in [-0.05, 0) is 23.8 Å². The van der Waals surface area contributed by atoms with Gasteiger partial charge in [-0.1, -0.05) is 54.2 Å². The van der Waals surface area contributed by atoms with Gasteiger partial charge in [0.2, 0.25) is 17.0 Å². The van der Waals surface area contributed by atoms with Crippen molar-refractivity contribution in [3.8, 4) is 0 Å². The lowest BCUT2D eigenvalue weighted by Crippen LogP contribution is -2.40. The van der Waals surface area contributed by atoms with Crippen LogP contribution in [0, 0.1) is 5.92 Å². The van der Waals surface area contributed by atoms with Crippen LogP contribution >= 0.6 is 23.4 Å². The van der Waals surface area contributed by atoms with Gasteiger partial charge in [-0.2, -0.15) is 4.98 Å². The van der Waals surface area contributed by atoms with Crippen LogP contribution in [0.3, 0.4) is 0 Å². The third-order valence-electron chi connectivity index (χ3n) is 4.45. The third kappa shape index (κ3) is 3.48. The molecule has 3 heterocycles. The number of primary amides is 1. The van der Waals surface area contributed by atoms with Crippen LogP contribution in [0.25, 0.3) is 0 Å². The van der Waals surface area contributed by atoms with E-state index in [-0.39, 0.29) is 0 Å². The lowest BCUT2D eigenvalue weighted by atomic mass is 9.91. The molecule has 4 rings (SSSR count). The highest BCUT2D eigenvalue weighted by atomic mass is 35.5. The molecule has 1 aromatic carbocycles. The Morgan fingerprint density at radius 1 is 1.29 bits per heavy atom. The maximum atomic E-state index is 12.1. The lowest BCUT2D eigenvalue weighted by Gasteiger charge is -2.31. The zero-order valence-electron chi connectivity index (χ0n) is 14.7. The molecule has 0 unspecified atom stereocenters. The van der Waals surface area contributed by atoms with Crippen LogP contribution in [0.15, 0.2) is 66.1 Å². The van der Waals surface area contributed by atoms with E-state index in [1.807, 2.05) is 42.5 Å². The summed E-state index contributed by atoms with van der Waals surface area (Å²) in [7, 11) is 0. The van der Waals surface area contributed by atoms with Gasteiger partial charge in [0.05, 0.1) is 5.69 Å². The number of benzene rings is 1. The molecule has 142 valence electrons. The molecule has 28 heavy (non-hydrogen) atoms. The summed E-state index contributed by atoms with van der Waals surface area (Å²) in [5.41, 5.74) is 7.79. The molecule has 1 aliphatic heterocycles. The number of hydrogen-bond acceptors (Lipinski definition) is 6. The smallest absolute Gasteiger partial charge is 0.229 e. The van der Waals surface area contributed by atoms with E-state index in [1.165, 1.54) is 11.8 Å². The van der Waals surface area contributed by atoms with E-state index in [4.69, 9.17) is 17.3 Å². The number of rotatable bonds is 5. The highest BCUT2D eigenvalue weighted by Gasteiger charge is 2.39. The number of carbonyl (C=O) groups excluding carboxylic acids is 1. The molecular weight excluding hydrogens is 396 g/mol. The molecule has 1 aliphatic rings. The summed E-state index contributed by atoms with van der Waals surface area (Å²) in [5, 5.41) is 8.90. The number of carbonyl (C=O) groups is 1. The number of aromatic nitrogens is 4. The summed E-state index contributed by atoms with van der Waals surface area (Å²) in [5.74, 6) is -0.0673. The van der Waals surface area contributed by atoms with Crippen LogP contribution < -0.4 is 11.1 Å². The van der Waals surface area contributed by atoms with Crippen LogP contribution in [0.5, 0.6) is 0 Å². The van der Waals surface area contributed by atoms with Crippen LogP contribution in [-0.2, 0) is 10.5 Å². The fourth-order valence-corrected chi connectivity index (χ4v) is 4.24. The van der Waals surface area contributed by atoms with Crippen molar-refractivity contribution in [1.82, 2.24) is 19.7 Å². The van der Waals surface area contributed by atoms with Crippen LogP contribution in [-0.4, -0.2) is 25.7 Å². The number of hydrogen-bond donors (Lipinski definition) is 2. The summed E-state index contributed by atoms with van der Waals surface area (Å²) in [6, 6.07) is 12.6. The van der Waals surface area contributed by atoms with Gasteiger partial charge in [0, 0.05) is 22.7 Å². The number of amides is 1. The Kier molecular flexibility index (Phi) is 5.06. The minimum absolute atomic E-state index is 0.478. The molecular formula is C19H17ClN6OS. The van der Waals surface area contributed by atoms with Crippen LogP contribution in [0.4, 0.5) is 5.95 Å². The van der Waals surface area contributed by atoms with E-state index in [9.17, 15) is 4.79 Å². The molecule has 7 nitrogen and oxygen atoms in total. The van der Waals surface area contributed by atoms with Gasteiger partial charge < -0.3 is 11.1 Å². The van der Waals surface area contributed by atoms with E-state index in [0.717, 1.165) is 5.56 Å². The highest BCUT2D eigenvalue weighted by molar-refractivity contribution is 7.98. The van der Waals surface area contributed by atoms with Crippen molar-refractivity contribution in [2.75, 3.05) is 5.32 Å². The van der Waals surface area contributed by atoms with E-state index in [1.54, 1.807) is 10.9 Å². The standard InChI is InChI=1S/C19H17ClN6OS/c1-11-15(17(21)27)16(14-8-4-5-9-22-14)26-18(23-11)24-19(25-26)28-10-12-6-2-3-7-13(12)20/h2-9,15-16H,1,10H2,(H2,21,27)(H,23,24,25)/t15-,16+/m0/s1. The molecule has 0 fully saturated rings. The van der Waals surface area contributed by atoms with E-state index in [0.29, 0.717) is 33.3 Å². The second-order valence-electron chi connectivity index (χ2n) is 6.27. The summed E-state index contributed by atoms with van der Waals surface area (Å²) >= 11 is 7.68. The molecule has 0 spiro atoms. The normalized spacial score (nSPS) is 18.4. The first-order valence-corrected chi connectivity index (χ1v) is 9.90. The number of halogens is 1. The van der Waals surface area contributed by atoms with Crippen molar-refractivity contribution in [1.29, 1.82) is 0 Å². The average molecular weight is 413 g/mol. The van der Waals surface area contributed by atoms with E-state index >= 15 is 0 Å². The molecule has 0 aliphatic carbocycles. The second-order valence-corrected chi connectivity index (χ2v) is 7.62. The Morgan fingerprint density at radius 3 is 2.79 bits per heavy atom. The minimum atomic E-state index is -0.689. The van der Waals surface area contributed by atoms with Crippen LogP contribution in [0.2, 0.25) is 5.02 Å². The monoisotopic (exact) mass is 412 g/mol. The molecule has 0 saturated heterocycles. The van der Waals surface area contributed by atoms with Crippen molar-refractivity contribution in [2.45, 2.75) is 17.0 Å². The maximum Gasteiger partial charge on any atom is 0.229 e. The summed E-state index contributed by atoms with van der Waals surface area (Å²) in [6.45, 7) is 3.96. The number of pyridine rings is 1. The van der Waals surface area contributed by atoms with Crippen molar-refractivity contribution in [2.24, 2.45) is 11.7 Å². The first kappa shape index (κ1) is 18.5. The zero-order chi connectivity index (χ0) is 19.7. The van der Waals surface area contributed by atoms with Gasteiger partial charge >= 0.3 is 0 Å². The Labute approximate surface area is 171 Å². The highest BCUT2D eigenvalue weighted by Crippen LogP contribution is 2.37. The molecule has 9 heteroatoms. The molecule has 0 saturated carbocycles. The fourth-order valence-electron chi connectivity index (χ4n) is 3.13. The van der Waals surface area contributed by atoms with E-state index in [2.05, 4.69) is 27.0 Å². The molecule has 1 amide bonds. The van der Waals surface area contributed by atoms with Crippen molar-refractivity contribution < 1.29 is 4.79 Å². The topological polar surface area (TPSA) is 98.7 Å². The molecule has 3 aromatic rings.